The third-order valence-corrected chi connectivity index (χ3v) is 7.51. The molecule has 0 saturated carbocycles. The predicted molar refractivity (Wildman–Crippen MR) is 145 cm³/mol. The minimum Gasteiger partial charge on any atom is -0.342 e. The topological polar surface area (TPSA) is 102 Å². The van der Waals surface area contributed by atoms with Gasteiger partial charge in [-0.15, -0.1) is 0 Å². The van der Waals surface area contributed by atoms with Gasteiger partial charge in [0.05, 0.1) is 11.6 Å². The van der Waals surface area contributed by atoms with Crippen molar-refractivity contribution in [2.24, 2.45) is 17.8 Å². The Morgan fingerprint density at radius 3 is 2.38 bits per heavy atom. The van der Waals surface area contributed by atoms with E-state index in [2.05, 4.69) is 64.4 Å². The number of piperidine rings is 1. The molecule has 1 fully saturated rings. The number of carbonyl (C=O) groups is 1. The zero-order valence-electron chi connectivity index (χ0n) is 21.4. The van der Waals surface area contributed by atoms with Crippen LogP contribution in [0.4, 0.5) is 11.8 Å². The fourth-order valence-corrected chi connectivity index (χ4v) is 5.64. The molecule has 0 bridgehead atoms. The highest BCUT2D eigenvalue weighted by Gasteiger charge is 2.40. The molecular weight excluding hydrogens is 462 g/mol. The van der Waals surface area contributed by atoms with Gasteiger partial charge in [0, 0.05) is 19.0 Å². The number of aromatic amines is 1. The van der Waals surface area contributed by atoms with Crippen LogP contribution in [0.25, 0.3) is 0 Å². The fraction of sp³-hybridized carbons (Fsp3) is 0.400. The number of aromatic nitrogens is 2. The van der Waals surface area contributed by atoms with Crippen LogP contribution in [0.5, 0.6) is 0 Å². The number of fused-ring (bicyclic) bond motifs is 1. The van der Waals surface area contributed by atoms with Crippen molar-refractivity contribution in [2.45, 2.75) is 45.4 Å². The largest absolute Gasteiger partial charge is 0.342 e. The lowest BCUT2D eigenvalue weighted by Gasteiger charge is -2.34. The molecule has 190 valence electrons. The van der Waals surface area contributed by atoms with Crippen molar-refractivity contribution in [2.75, 3.05) is 23.3 Å². The Labute approximate surface area is 217 Å². The Morgan fingerprint density at radius 2 is 1.73 bits per heavy atom. The van der Waals surface area contributed by atoms with Gasteiger partial charge in [-0.1, -0.05) is 68.4 Å². The van der Waals surface area contributed by atoms with Crippen molar-refractivity contribution in [3.8, 4) is 6.07 Å². The minimum atomic E-state index is -0.995. The monoisotopic (exact) mass is 495 g/mol. The minimum absolute atomic E-state index is 0.262. The first-order valence-electron chi connectivity index (χ1n) is 13.2. The average Bonchev–Trinajstić information content (AvgIpc) is 2.89. The highest BCUT2D eigenvalue weighted by atomic mass is 16.2. The molecule has 0 aliphatic carbocycles. The Bertz CT molecular complexity index is 1350. The number of hydrogen-bond donors (Lipinski definition) is 2. The Morgan fingerprint density at radius 1 is 1.03 bits per heavy atom. The van der Waals surface area contributed by atoms with E-state index in [0.717, 1.165) is 44.3 Å². The van der Waals surface area contributed by atoms with E-state index in [1.165, 1.54) is 11.1 Å². The van der Waals surface area contributed by atoms with E-state index in [1.807, 2.05) is 30.3 Å². The van der Waals surface area contributed by atoms with E-state index in [9.17, 15) is 14.9 Å². The predicted octanol–water partition coefficient (Wildman–Crippen LogP) is 4.65. The van der Waals surface area contributed by atoms with Crippen molar-refractivity contribution < 1.29 is 4.79 Å². The van der Waals surface area contributed by atoms with Crippen molar-refractivity contribution in [1.29, 1.82) is 5.26 Å². The van der Waals surface area contributed by atoms with Crippen LogP contribution in [-0.4, -0.2) is 29.0 Å². The summed E-state index contributed by atoms with van der Waals surface area (Å²) in [5, 5.41) is 12.6. The summed E-state index contributed by atoms with van der Waals surface area (Å²) in [6.45, 7) is 5.90. The van der Waals surface area contributed by atoms with Gasteiger partial charge < -0.3 is 10.2 Å². The molecule has 37 heavy (non-hydrogen) atoms. The number of amides is 1. The number of hydrogen-bond acceptors (Lipinski definition) is 5. The molecule has 2 aliphatic rings. The molecule has 1 saturated heterocycles. The first-order valence-corrected chi connectivity index (χ1v) is 13.2. The maximum Gasteiger partial charge on any atom is 0.258 e. The summed E-state index contributed by atoms with van der Waals surface area (Å²) in [4.78, 5) is 36.1. The van der Waals surface area contributed by atoms with E-state index in [-0.39, 0.29) is 11.4 Å². The molecule has 1 aromatic heterocycles. The van der Waals surface area contributed by atoms with Crippen LogP contribution in [0.1, 0.15) is 54.9 Å². The SMILES string of the molecule is CC(C)Cc1ccc(C2c3c(nc(N4CCC(Cc5ccccc5)CC4)[nH]c3=O)NC(=O)C2C#N)cc1. The lowest BCUT2D eigenvalue weighted by atomic mass is 9.79. The number of rotatable bonds is 6. The zero-order chi connectivity index (χ0) is 25.9. The summed E-state index contributed by atoms with van der Waals surface area (Å²) in [5.41, 5.74) is 3.36. The highest BCUT2D eigenvalue weighted by Crippen LogP contribution is 2.38. The molecule has 0 spiro atoms. The summed E-state index contributed by atoms with van der Waals surface area (Å²) < 4.78 is 0. The Balaban J connectivity index is 1.39. The second kappa shape index (κ2) is 10.6. The molecule has 2 N–H and O–H groups in total. The zero-order valence-corrected chi connectivity index (χ0v) is 21.4. The Hall–Kier alpha value is -3.92. The lowest BCUT2D eigenvalue weighted by Crippen LogP contribution is -2.41. The van der Waals surface area contributed by atoms with Gasteiger partial charge in [-0.3, -0.25) is 14.6 Å². The van der Waals surface area contributed by atoms with Gasteiger partial charge in [0.1, 0.15) is 11.7 Å². The van der Waals surface area contributed by atoms with Gasteiger partial charge in [-0.05, 0) is 54.2 Å². The van der Waals surface area contributed by atoms with Gasteiger partial charge >= 0.3 is 0 Å². The molecule has 5 rings (SSSR count). The second-order valence-electron chi connectivity index (χ2n) is 10.7. The summed E-state index contributed by atoms with van der Waals surface area (Å²) in [6.07, 6.45) is 4.00. The smallest absolute Gasteiger partial charge is 0.258 e. The number of nitrogens with one attached hydrogen (secondary N) is 2. The van der Waals surface area contributed by atoms with Crippen LogP contribution in [0.2, 0.25) is 0 Å². The number of nitriles is 1. The molecule has 7 nitrogen and oxygen atoms in total. The van der Waals surface area contributed by atoms with Gasteiger partial charge in [0.2, 0.25) is 11.9 Å². The van der Waals surface area contributed by atoms with Gasteiger partial charge in [0.25, 0.3) is 5.56 Å². The van der Waals surface area contributed by atoms with Crippen LogP contribution in [0, 0.1) is 29.1 Å². The maximum atomic E-state index is 13.4. The molecule has 0 radical (unpaired) electrons. The quantitative estimate of drug-likeness (QED) is 0.518. The summed E-state index contributed by atoms with van der Waals surface area (Å²) in [6, 6.07) is 20.5. The van der Waals surface area contributed by atoms with Crippen molar-refractivity contribution in [3.63, 3.8) is 0 Å². The number of H-pyrrole nitrogens is 1. The van der Waals surface area contributed by atoms with Crippen molar-refractivity contribution in [3.05, 3.63) is 87.2 Å². The van der Waals surface area contributed by atoms with Gasteiger partial charge in [0.15, 0.2) is 0 Å². The van der Waals surface area contributed by atoms with E-state index in [0.29, 0.717) is 23.3 Å². The van der Waals surface area contributed by atoms with E-state index < -0.39 is 17.7 Å². The van der Waals surface area contributed by atoms with Crippen molar-refractivity contribution in [1.82, 2.24) is 9.97 Å². The molecule has 2 atom stereocenters. The average molecular weight is 496 g/mol. The van der Waals surface area contributed by atoms with E-state index in [4.69, 9.17) is 0 Å². The normalized spacial score (nSPS) is 19.8. The molecule has 7 heteroatoms. The molecule has 2 aliphatic heterocycles. The molecule has 3 aromatic rings. The Kier molecular flexibility index (Phi) is 7.09. The first kappa shape index (κ1) is 24.8. The third-order valence-electron chi connectivity index (χ3n) is 7.51. The van der Waals surface area contributed by atoms with Crippen LogP contribution < -0.4 is 15.8 Å². The number of anilines is 2. The first-order chi connectivity index (χ1) is 17.9. The maximum absolute atomic E-state index is 13.4. The van der Waals surface area contributed by atoms with Crippen LogP contribution in [0.3, 0.4) is 0 Å². The molecular formula is C30H33N5O2. The standard InChI is InChI=1S/C30H33N5O2/c1-19(2)16-21-8-10-23(11-9-21)25-24(18-31)28(36)32-27-26(25)29(37)34-30(33-27)35-14-12-22(13-15-35)17-20-6-4-3-5-7-20/h3-11,19,22,24-25H,12-17H2,1-2H3,(H2,32,33,34,36,37). The molecule has 3 heterocycles. The van der Waals surface area contributed by atoms with Crippen LogP contribution in [-0.2, 0) is 17.6 Å². The van der Waals surface area contributed by atoms with Crippen molar-refractivity contribution >= 4 is 17.7 Å². The van der Waals surface area contributed by atoms with E-state index in [1.54, 1.807) is 0 Å². The molecule has 2 unspecified atom stereocenters. The fourth-order valence-electron chi connectivity index (χ4n) is 5.64. The number of nitrogens with zero attached hydrogens (tertiary/aromatic N) is 3. The van der Waals surface area contributed by atoms with Gasteiger partial charge in [-0.25, -0.2) is 0 Å². The van der Waals surface area contributed by atoms with Gasteiger partial charge in [-0.2, -0.15) is 10.2 Å². The number of benzene rings is 2. The van der Waals surface area contributed by atoms with E-state index >= 15 is 0 Å². The summed E-state index contributed by atoms with van der Waals surface area (Å²) in [5.74, 6) is -0.233. The lowest BCUT2D eigenvalue weighted by molar-refractivity contribution is -0.119. The second-order valence-corrected chi connectivity index (χ2v) is 10.7. The number of carbonyl (C=O) groups excluding carboxylic acids is 1. The highest BCUT2D eigenvalue weighted by molar-refractivity contribution is 5.98. The van der Waals surface area contributed by atoms with Crippen LogP contribution in [0.15, 0.2) is 59.4 Å². The summed E-state index contributed by atoms with van der Waals surface area (Å²) in [7, 11) is 0. The van der Waals surface area contributed by atoms with Crippen LogP contribution >= 0.6 is 0 Å². The summed E-state index contributed by atoms with van der Waals surface area (Å²) >= 11 is 0. The molecule has 2 aromatic carbocycles. The molecule has 1 amide bonds. The third kappa shape index (κ3) is 5.29.